The maximum atomic E-state index is 13.3. The third-order valence-corrected chi connectivity index (χ3v) is 6.26. The molecule has 2 aliphatic heterocycles. The van der Waals surface area contributed by atoms with E-state index in [-0.39, 0.29) is 24.2 Å². The minimum atomic E-state index is -0.136. The molecule has 2 aromatic carbocycles. The Labute approximate surface area is 180 Å². The fraction of sp³-hybridized carbons (Fsp3) is 0.417. The first kappa shape index (κ1) is 19.7. The summed E-state index contributed by atoms with van der Waals surface area (Å²) in [5.74, 6) is 1.48. The van der Waals surface area contributed by atoms with Crippen molar-refractivity contribution < 1.29 is 14.3 Å². The van der Waals surface area contributed by atoms with E-state index in [1.54, 1.807) is 9.13 Å². The number of imidazole rings is 1. The van der Waals surface area contributed by atoms with E-state index < -0.39 is 0 Å². The fourth-order valence-electron chi connectivity index (χ4n) is 4.76. The Hall–Kier alpha value is -3.22. The predicted molar refractivity (Wildman–Crippen MR) is 118 cm³/mol. The van der Waals surface area contributed by atoms with Crippen LogP contribution in [0.25, 0.3) is 11.0 Å². The minimum Gasteiger partial charge on any atom is -0.490 e. The van der Waals surface area contributed by atoms with Crippen LogP contribution in [0.15, 0.2) is 47.3 Å². The molecule has 3 heterocycles. The van der Waals surface area contributed by atoms with Crippen molar-refractivity contribution in [2.75, 3.05) is 19.8 Å². The van der Waals surface area contributed by atoms with Gasteiger partial charge in [0.1, 0.15) is 6.54 Å². The number of nitrogens with zero attached hydrogens (tertiary/aromatic N) is 3. The number of para-hydroxylation sites is 2. The highest BCUT2D eigenvalue weighted by Gasteiger charge is 2.31. The van der Waals surface area contributed by atoms with Gasteiger partial charge in [0, 0.05) is 19.5 Å². The predicted octanol–water partition coefficient (Wildman–Crippen LogP) is 3.35. The number of carbonyl (C=O) groups is 1. The van der Waals surface area contributed by atoms with Gasteiger partial charge in [-0.1, -0.05) is 18.2 Å². The van der Waals surface area contributed by atoms with Crippen LogP contribution in [0.2, 0.25) is 0 Å². The molecule has 1 amide bonds. The van der Waals surface area contributed by atoms with Crippen molar-refractivity contribution in [3.05, 3.63) is 58.5 Å². The average Bonchev–Trinajstić information content (AvgIpc) is 3.29. The molecule has 1 unspecified atom stereocenters. The van der Waals surface area contributed by atoms with Crippen LogP contribution in [0.3, 0.4) is 0 Å². The van der Waals surface area contributed by atoms with Crippen molar-refractivity contribution in [3.63, 3.8) is 0 Å². The standard InChI is InChI=1S/C24H27N3O4/c1-2-25-19-7-3-4-8-20(19)27(24(25)29)16-23(28)26-12-5-9-18(26)17-10-11-21-22(15-17)31-14-6-13-30-21/h3-4,7-8,10-11,15,18H,2,5-6,9,12-14,16H2,1H3. The summed E-state index contributed by atoms with van der Waals surface area (Å²) in [5, 5.41) is 0. The molecule has 0 spiro atoms. The Kier molecular flexibility index (Phi) is 5.18. The molecule has 0 saturated carbocycles. The number of fused-ring (bicyclic) bond motifs is 2. The van der Waals surface area contributed by atoms with Crippen molar-refractivity contribution in [2.45, 2.75) is 45.3 Å². The van der Waals surface area contributed by atoms with Gasteiger partial charge in [-0.25, -0.2) is 4.79 Å². The SMILES string of the molecule is CCn1c(=O)n(CC(=O)N2CCCC2c2ccc3c(c2)OCCCO3)c2ccccc21. The quantitative estimate of drug-likeness (QED) is 0.648. The second-order valence-corrected chi connectivity index (χ2v) is 8.10. The number of amides is 1. The molecule has 162 valence electrons. The van der Waals surface area contributed by atoms with Crippen molar-refractivity contribution >= 4 is 16.9 Å². The maximum absolute atomic E-state index is 13.3. The Morgan fingerprint density at radius 1 is 1.00 bits per heavy atom. The number of aromatic nitrogens is 2. The number of likely N-dealkylation sites (tertiary alicyclic amines) is 1. The van der Waals surface area contributed by atoms with E-state index in [1.807, 2.05) is 54.3 Å². The second-order valence-electron chi connectivity index (χ2n) is 8.10. The largest absolute Gasteiger partial charge is 0.490 e. The zero-order valence-corrected chi connectivity index (χ0v) is 17.8. The van der Waals surface area contributed by atoms with Gasteiger partial charge in [0.15, 0.2) is 11.5 Å². The lowest BCUT2D eigenvalue weighted by Crippen LogP contribution is -2.36. The lowest BCUT2D eigenvalue weighted by Gasteiger charge is -2.26. The summed E-state index contributed by atoms with van der Waals surface area (Å²) in [7, 11) is 0. The van der Waals surface area contributed by atoms with Crippen LogP contribution in [-0.2, 0) is 17.9 Å². The normalized spacial score (nSPS) is 18.4. The summed E-state index contributed by atoms with van der Waals surface area (Å²) in [6.45, 7) is 4.55. The van der Waals surface area contributed by atoms with E-state index >= 15 is 0 Å². The van der Waals surface area contributed by atoms with Gasteiger partial charge in [-0.2, -0.15) is 0 Å². The first-order valence-electron chi connectivity index (χ1n) is 11.0. The van der Waals surface area contributed by atoms with Gasteiger partial charge in [0.05, 0.1) is 30.3 Å². The summed E-state index contributed by atoms with van der Waals surface area (Å²) in [5.41, 5.74) is 2.58. The topological polar surface area (TPSA) is 65.7 Å². The van der Waals surface area contributed by atoms with Crippen molar-refractivity contribution in [2.24, 2.45) is 0 Å². The Balaban J connectivity index is 1.43. The van der Waals surface area contributed by atoms with Crippen molar-refractivity contribution in [1.82, 2.24) is 14.0 Å². The van der Waals surface area contributed by atoms with E-state index in [0.29, 0.717) is 26.3 Å². The van der Waals surface area contributed by atoms with Gasteiger partial charge >= 0.3 is 5.69 Å². The van der Waals surface area contributed by atoms with E-state index in [4.69, 9.17) is 9.47 Å². The molecule has 2 aliphatic rings. The molecule has 0 aliphatic carbocycles. The number of benzene rings is 2. The molecule has 1 atom stereocenters. The number of ether oxygens (including phenoxy) is 2. The molecule has 0 N–H and O–H groups in total. The van der Waals surface area contributed by atoms with Crippen molar-refractivity contribution in [1.29, 1.82) is 0 Å². The molecule has 1 aromatic heterocycles. The lowest BCUT2D eigenvalue weighted by molar-refractivity contribution is -0.132. The van der Waals surface area contributed by atoms with E-state index in [9.17, 15) is 9.59 Å². The number of carbonyl (C=O) groups excluding carboxylic acids is 1. The van der Waals surface area contributed by atoms with Gasteiger partial charge in [0.2, 0.25) is 5.91 Å². The maximum Gasteiger partial charge on any atom is 0.329 e. The molecule has 0 bridgehead atoms. The van der Waals surface area contributed by atoms with Crippen LogP contribution >= 0.6 is 0 Å². The average molecular weight is 421 g/mol. The highest BCUT2D eigenvalue weighted by atomic mass is 16.5. The number of hydrogen-bond donors (Lipinski definition) is 0. The zero-order valence-electron chi connectivity index (χ0n) is 17.8. The van der Waals surface area contributed by atoms with Crippen LogP contribution in [0, 0.1) is 0 Å². The summed E-state index contributed by atoms with van der Waals surface area (Å²) < 4.78 is 14.9. The molecule has 1 saturated heterocycles. The molecular formula is C24H27N3O4. The minimum absolute atomic E-state index is 0.0140. The van der Waals surface area contributed by atoms with Gasteiger partial charge in [-0.3, -0.25) is 13.9 Å². The van der Waals surface area contributed by atoms with Gasteiger partial charge < -0.3 is 14.4 Å². The number of hydrogen-bond acceptors (Lipinski definition) is 4. The molecule has 7 nitrogen and oxygen atoms in total. The lowest BCUT2D eigenvalue weighted by atomic mass is 10.0. The Morgan fingerprint density at radius 3 is 2.52 bits per heavy atom. The van der Waals surface area contributed by atoms with Crippen LogP contribution in [0.5, 0.6) is 11.5 Å². The monoisotopic (exact) mass is 421 g/mol. The molecule has 5 rings (SSSR count). The molecule has 0 radical (unpaired) electrons. The van der Waals surface area contributed by atoms with Gasteiger partial charge in [-0.15, -0.1) is 0 Å². The van der Waals surface area contributed by atoms with Crippen LogP contribution in [-0.4, -0.2) is 39.7 Å². The van der Waals surface area contributed by atoms with Gasteiger partial charge in [-0.05, 0) is 49.6 Å². The summed E-state index contributed by atoms with van der Waals surface area (Å²) >= 11 is 0. The van der Waals surface area contributed by atoms with E-state index in [0.717, 1.165) is 47.4 Å². The third kappa shape index (κ3) is 3.48. The summed E-state index contributed by atoms with van der Waals surface area (Å²) in [4.78, 5) is 28.2. The highest BCUT2D eigenvalue weighted by Crippen LogP contribution is 2.38. The van der Waals surface area contributed by atoms with E-state index in [2.05, 4.69) is 0 Å². The second kappa shape index (κ2) is 8.13. The highest BCUT2D eigenvalue weighted by molar-refractivity contribution is 5.81. The molecule has 3 aromatic rings. The zero-order chi connectivity index (χ0) is 21.4. The molecule has 31 heavy (non-hydrogen) atoms. The number of rotatable bonds is 4. The fourth-order valence-corrected chi connectivity index (χ4v) is 4.76. The molecule has 1 fully saturated rings. The van der Waals surface area contributed by atoms with Crippen LogP contribution in [0.1, 0.15) is 37.8 Å². The van der Waals surface area contributed by atoms with Crippen molar-refractivity contribution in [3.8, 4) is 11.5 Å². The molecule has 7 heteroatoms. The summed E-state index contributed by atoms with van der Waals surface area (Å²) in [6, 6.07) is 13.6. The third-order valence-electron chi connectivity index (χ3n) is 6.26. The Morgan fingerprint density at radius 2 is 1.74 bits per heavy atom. The summed E-state index contributed by atoms with van der Waals surface area (Å²) in [6.07, 6.45) is 2.70. The van der Waals surface area contributed by atoms with Crippen LogP contribution in [0.4, 0.5) is 0 Å². The van der Waals surface area contributed by atoms with Crippen LogP contribution < -0.4 is 15.2 Å². The van der Waals surface area contributed by atoms with Gasteiger partial charge in [0.25, 0.3) is 0 Å². The first-order chi connectivity index (χ1) is 15.2. The Bertz CT molecular complexity index is 1180. The first-order valence-corrected chi connectivity index (χ1v) is 11.0. The smallest absolute Gasteiger partial charge is 0.329 e. The molecular weight excluding hydrogens is 394 g/mol. The van der Waals surface area contributed by atoms with E-state index in [1.165, 1.54) is 0 Å². The number of aryl methyl sites for hydroxylation is 1.